The molecule has 2 N–H and O–H groups in total. The summed E-state index contributed by atoms with van der Waals surface area (Å²) in [5.74, 6) is 0. The van der Waals surface area contributed by atoms with Crippen LogP contribution in [-0.2, 0) is 16.6 Å². The van der Waals surface area contributed by atoms with Gasteiger partial charge in [0.1, 0.15) is 0 Å². The summed E-state index contributed by atoms with van der Waals surface area (Å²) < 4.78 is 25.3. The fourth-order valence-electron chi connectivity index (χ4n) is 3.05. The summed E-state index contributed by atoms with van der Waals surface area (Å²) in [4.78, 5) is 0.296. The maximum Gasteiger partial charge on any atom is 0.242 e. The Morgan fingerprint density at radius 3 is 2.26 bits per heavy atom. The Balaban J connectivity index is 1.96. The van der Waals surface area contributed by atoms with Gasteiger partial charge >= 0.3 is 0 Å². The van der Waals surface area contributed by atoms with E-state index >= 15 is 0 Å². The van der Waals surface area contributed by atoms with Gasteiger partial charge in [-0.25, -0.2) is 12.7 Å². The number of rotatable bonds is 6. The number of nitrogens with zero attached hydrogens (tertiary/aromatic N) is 1. The van der Waals surface area contributed by atoms with E-state index in [2.05, 4.69) is 5.32 Å². The summed E-state index contributed by atoms with van der Waals surface area (Å²) >= 11 is 0. The Morgan fingerprint density at radius 2 is 1.74 bits per heavy atom. The summed E-state index contributed by atoms with van der Waals surface area (Å²) in [5.41, 5.74) is 0.390. The van der Waals surface area contributed by atoms with E-state index in [1.807, 2.05) is 19.1 Å². The second kappa shape index (κ2) is 7.30. The number of nitrogens with one attached hydrogen (secondary N) is 1. The van der Waals surface area contributed by atoms with Crippen LogP contribution in [0.15, 0.2) is 29.2 Å². The first-order chi connectivity index (χ1) is 10.8. The lowest BCUT2D eigenvalue weighted by molar-refractivity contribution is -0.0255. The van der Waals surface area contributed by atoms with Gasteiger partial charge in [-0.1, -0.05) is 31.4 Å². The number of benzene rings is 1. The molecule has 0 amide bonds. The highest BCUT2D eigenvalue weighted by atomic mass is 32.2. The number of sulfonamides is 1. The van der Waals surface area contributed by atoms with Gasteiger partial charge in [-0.15, -0.1) is 0 Å². The maximum atomic E-state index is 12.0. The van der Waals surface area contributed by atoms with Gasteiger partial charge in [0.25, 0.3) is 0 Å². The molecule has 1 aromatic rings. The molecule has 1 atom stereocenters. The number of hydrogen-bond donors (Lipinski definition) is 2. The van der Waals surface area contributed by atoms with E-state index in [-0.39, 0.29) is 6.04 Å². The summed E-state index contributed by atoms with van der Waals surface area (Å²) in [7, 11) is -0.329. The molecule has 23 heavy (non-hydrogen) atoms. The highest BCUT2D eigenvalue weighted by molar-refractivity contribution is 7.89. The van der Waals surface area contributed by atoms with Crippen molar-refractivity contribution in [2.24, 2.45) is 0 Å². The molecule has 0 bridgehead atoms. The quantitative estimate of drug-likeness (QED) is 0.832. The molecular weight excluding hydrogens is 312 g/mol. The molecule has 0 aliphatic heterocycles. The van der Waals surface area contributed by atoms with Crippen LogP contribution in [0.3, 0.4) is 0 Å². The van der Waals surface area contributed by atoms with Gasteiger partial charge in [0, 0.05) is 26.7 Å². The smallest absolute Gasteiger partial charge is 0.242 e. The lowest BCUT2D eigenvalue weighted by Gasteiger charge is -2.38. The predicted octanol–water partition coefficient (Wildman–Crippen LogP) is 2.11. The Labute approximate surface area is 139 Å². The fraction of sp³-hybridized carbons (Fsp3) is 0.647. The number of aliphatic hydroxyl groups is 1. The summed E-state index contributed by atoms with van der Waals surface area (Å²) in [6, 6.07) is 6.92. The van der Waals surface area contributed by atoms with E-state index in [9.17, 15) is 13.5 Å². The zero-order chi connectivity index (χ0) is 17.1. The molecule has 0 aromatic heterocycles. The van der Waals surface area contributed by atoms with Gasteiger partial charge in [0.05, 0.1) is 10.5 Å². The van der Waals surface area contributed by atoms with E-state index in [0.29, 0.717) is 11.4 Å². The van der Waals surface area contributed by atoms with Crippen LogP contribution in [0.2, 0.25) is 0 Å². The van der Waals surface area contributed by atoms with Crippen LogP contribution in [-0.4, -0.2) is 43.6 Å². The van der Waals surface area contributed by atoms with Gasteiger partial charge < -0.3 is 10.4 Å². The van der Waals surface area contributed by atoms with E-state index < -0.39 is 15.6 Å². The van der Waals surface area contributed by atoms with Crippen LogP contribution in [0.25, 0.3) is 0 Å². The molecule has 0 radical (unpaired) electrons. The Kier molecular flexibility index (Phi) is 5.84. The lowest BCUT2D eigenvalue weighted by atomic mass is 9.80. The average Bonchev–Trinajstić information content (AvgIpc) is 2.53. The summed E-state index contributed by atoms with van der Waals surface area (Å²) in [6.07, 6.45) is 5.07. The second-order valence-corrected chi connectivity index (χ2v) is 8.85. The van der Waals surface area contributed by atoms with Gasteiger partial charge in [0.15, 0.2) is 0 Å². The molecule has 6 heteroatoms. The third-order valence-electron chi connectivity index (χ3n) is 4.84. The fourth-order valence-corrected chi connectivity index (χ4v) is 3.95. The molecule has 1 aliphatic carbocycles. The van der Waals surface area contributed by atoms with Crippen LogP contribution >= 0.6 is 0 Å². The monoisotopic (exact) mass is 340 g/mol. The second-order valence-electron chi connectivity index (χ2n) is 6.70. The van der Waals surface area contributed by atoms with Crippen molar-refractivity contribution in [3.8, 4) is 0 Å². The molecule has 0 saturated heterocycles. The molecule has 130 valence electrons. The molecule has 1 saturated carbocycles. The lowest BCUT2D eigenvalue weighted by Crippen LogP contribution is -2.49. The van der Waals surface area contributed by atoms with Crippen molar-refractivity contribution in [1.29, 1.82) is 0 Å². The molecule has 2 rings (SSSR count). The zero-order valence-electron chi connectivity index (χ0n) is 14.2. The zero-order valence-corrected chi connectivity index (χ0v) is 15.1. The molecule has 1 fully saturated rings. The molecule has 1 unspecified atom stereocenters. The van der Waals surface area contributed by atoms with Gasteiger partial charge in [-0.05, 0) is 37.5 Å². The van der Waals surface area contributed by atoms with Crippen molar-refractivity contribution in [3.05, 3.63) is 29.8 Å². The minimum absolute atomic E-state index is 0.0213. The third kappa shape index (κ3) is 4.32. The van der Waals surface area contributed by atoms with E-state index in [0.717, 1.165) is 31.2 Å². The first kappa shape index (κ1) is 18.4. The highest BCUT2D eigenvalue weighted by Gasteiger charge is 2.34. The van der Waals surface area contributed by atoms with Crippen molar-refractivity contribution < 1.29 is 13.5 Å². The van der Waals surface area contributed by atoms with Crippen LogP contribution < -0.4 is 5.32 Å². The molecule has 1 aliphatic rings. The maximum absolute atomic E-state index is 12.0. The minimum Gasteiger partial charge on any atom is -0.388 e. The van der Waals surface area contributed by atoms with Crippen LogP contribution in [0.5, 0.6) is 0 Å². The van der Waals surface area contributed by atoms with Crippen molar-refractivity contribution in [2.45, 2.75) is 62.1 Å². The standard InChI is InChI=1S/C17H28N2O3S/c1-14(17(20)11-5-4-6-12-17)18-13-15-7-9-16(10-8-15)23(21,22)19(2)3/h7-10,14,18,20H,4-6,11-13H2,1-3H3. The van der Waals surface area contributed by atoms with Gasteiger partial charge in [-0.2, -0.15) is 0 Å². The Bertz CT molecular complexity index is 605. The SMILES string of the molecule is CC(NCc1ccc(S(=O)(=O)N(C)C)cc1)C1(O)CCCCC1. The normalized spacial score (nSPS) is 19.7. The predicted molar refractivity (Wildman–Crippen MR) is 91.7 cm³/mol. The molecule has 0 spiro atoms. The van der Waals surface area contributed by atoms with Crippen LogP contribution in [0.1, 0.15) is 44.6 Å². The van der Waals surface area contributed by atoms with Crippen molar-refractivity contribution in [2.75, 3.05) is 14.1 Å². The number of hydrogen-bond acceptors (Lipinski definition) is 4. The topological polar surface area (TPSA) is 69.6 Å². The van der Waals surface area contributed by atoms with E-state index in [1.54, 1.807) is 12.1 Å². The highest BCUT2D eigenvalue weighted by Crippen LogP contribution is 2.31. The van der Waals surface area contributed by atoms with Crippen LogP contribution in [0.4, 0.5) is 0 Å². The molecule has 1 aromatic carbocycles. The van der Waals surface area contributed by atoms with E-state index in [4.69, 9.17) is 0 Å². The van der Waals surface area contributed by atoms with E-state index in [1.165, 1.54) is 24.8 Å². The van der Waals surface area contributed by atoms with Crippen molar-refractivity contribution >= 4 is 10.0 Å². The molecule has 0 heterocycles. The van der Waals surface area contributed by atoms with Gasteiger partial charge in [0.2, 0.25) is 10.0 Å². The molecular formula is C17H28N2O3S. The molecule has 5 nitrogen and oxygen atoms in total. The van der Waals surface area contributed by atoms with Crippen molar-refractivity contribution in [1.82, 2.24) is 9.62 Å². The Hall–Kier alpha value is -0.950. The van der Waals surface area contributed by atoms with Crippen LogP contribution in [0, 0.1) is 0 Å². The summed E-state index contributed by atoms with van der Waals surface area (Å²) in [6.45, 7) is 2.64. The van der Waals surface area contributed by atoms with Crippen molar-refractivity contribution in [3.63, 3.8) is 0 Å². The first-order valence-corrected chi connectivity index (χ1v) is 9.67. The minimum atomic E-state index is -3.38. The summed E-state index contributed by atoms with van der Waals surface area (Å²) in [5, 5.41) is 14.1. The van der Waals surface area contributed by atoms with Gasteiger partial charge in [-0.3, -0.25) is 0 Å². The largest absolute Gasteiger partial charge is 0.388 e. The first-order valence-electron chi connectivity index (χ1n) is 8.23. The average molecular weight is 340 g/mol. The third-order valence-corrected chi connectivity index (χ3v) is 6.67. The Morgan fingerprint density at radius 1 is 1.17 bits per heavy atom.